The lowest BCUT2D eigenvalue weighted by atomic mass is 10.1. The molecule has 2 rings (SSSR count). The van der Waals surface area contributed by atoms with E-state index in [1.165, 1.54) is 0 Å². The topological polar surface area (TPSA) is 81.8 Å². The van der Waals surface area contributed by atoms with Crippen molar-refractivity contribution < 1.29 is 14.4 Å². The third-order valence-electron chi connectivity index (χ3n) is 5.53. The van der Waals surface area contributed by atoms with Crippen molar-refractivity contribution in [3.05, 3.63) is 0 Å². The van der Waals surface area contributed by atoms with Crippen LogP contribution in [0.25, 0.3) is 0 Å². The molecule has 0 spiro atoms. The highest BCUT2D eigenvalue weighted by Gasteiger charge is 2.23. The minimum Gasteiger partial charge on any atom is -0.355 e. The first-order valence-electron chi connectivity index (χ1n) is 9.99. The molecule has 2 fully saturated rings. The SMILES string of the molecule is CCN1CCC(CNC(=O)CC(=O)CC(=O)NCC2CCN(CC)C2)C1. The Balaban J connectivity index is 1.55. The minimum absolute atomic E-state index is 0.204. The second-order valence-electron chi connectivity index (χ2n) is 7.60. The molecular formula is C19H34N4O3. The Bertz CT molecular complexity index is 455. The van der Waals surface area contributed by atoms with Crippen LogP contribution in [0.15, 0.2) is 0 Å². The Morgan fingerprint density at radius 2 is 1.23 bits per heavy atom. The fraction of sp³-hybridized carbons (Fsp3) is 0.842. The van der Waals surface area contributed by atoms with Crippen LogP contribution in [-0.4, -0.2) is 79.8 Å². The van der Waals surface area contributed by atoms with Crippen LogP contribution in [0.5, 0.6) is 0 Å². The summed E-state index contributed by atoms with van der Waals surface area (Å²) in [5, 5.41) is 5.68. The molecule has 0 radical (unpaired) electrons. The molecule has 0 bridgehead atoms. The maximum Gasteiger partial charge on any atom is 0.227 e. The van der Waals surface area contributed by atoms with E-state index in [-0.39, 0.29) is 30.4 Å². The number of Topliss-reactive ketones (excluding diaryl/α,β-unsaturated/α-hetero) is 1. The summed E-state index contributed by atoms with van der Waals surface area (Å²) in [6, 6.07) is 0. The number of amides is 2. The second kappa shape index (κ2) is 10.6. The number of ketones is 1. The Kier molecular flexibility index (Phi) is 8.51. The van der Waals surface area contributed by atoms with Crippen LogP contribution < -0.4 is 10.6 Å². The largest absolute Gasteiger partial charge is 0.355 e. The fourth-order valence-corrected chi connectivity index (χ4v) is 3.80. The number of carbonyl (C=O) groups is 3. The van der Waals surface area contributed by atoms with E-state index in [0.29, 0.717) is 24.9 Å². The summed E-state index contributed by atoms with van der Waals surface area (Å²) in [6.45, 7) is 11.7. The quantitative estimate of drug-likeness (QED) is 0.542. The van der Waals surface area contributed by atoms with Gasteiger partial charge < -0.3 is 20.4 Å². The van der Waals surface area contributed by atoms with E-state index >= 15 is 0 Å². The van der Waals surface area contributed by atoms with Crippen LogP contribution >= 0.6 is 0 Å². The van der Waals surface area contributed by atoms with Gasteiger partial charge in [0.1, 0.15) is 0 Å². The van der Waals surface area contributed by atoms with Gasteiger partial charge >= 0.3 is 0 Å². The zero-order valence-electron chi connectivity index (χ0n) is 16.3. The number of carbonyl (C=O) groups excluding carboxylic acids is 3. The summed E-state index contributed by atoms with van der Waals surface area (Å²) in [5.41, 5.74) is 0. The summed E-state index contributed by atoms with van der Waals surface area (Å²) in [5.74, 6) is 0.0697. The van der Waals surface area contributed by atoms with E-state index in [1.54, 1.807) is 0 Å². The number of hydrogen-bond acceptors (Lipinski definition) is 5. The Labute approximate surface area is 156 Å². The molecule has 0 aliphatic carbocycles. The van der Waals surface area contributed by atoms with Gasteiger partial charge in [-0.2, -0.15) is 0 Å². The van der Waals surface area contributed by atoms with E-state index < -0.39 is 0 Å². The molecule has 2 aliphatic rings. The van der Waals surface area contributed by atoms with Gasteiger partial charge in [0.25, 0.3) is 0 Å². The van der Waals surface area contributed by atoms with E-state index in [1.807, 2.05) is 0 Å². The molecule has 2 aliphatic heterocycles. The van der Waals surface area contributed by atoms with Gasteiger partial charge in [0, 0.05) is 26.2 Å². The average molecular weight is 367 g/mol. The van der Waals surface area contributed by atoms with Crippen LogP contribution in [-0.2, 0) is 14.4 Å². The number of rotatable bonds is 10. The maximum atomic E-state index is 11.9. The van der Waals surface area contributed by atoms with Gasteiger partial charge in [-0.05, 0) is 50.9 Å². The summed E-state index contributed by atoms with van der Waals surface area (Å²) >= 11 is 0. The molecule has 26 heavy (non-hydrogen) atoms. The molecule has 7 nitrogen and oxygen atoms in total. The molecule has 2 heterocycles. The summed E-state index contributed by atoms with van der Waals surface area (Å²) in [7, 11) is 0. The highest BCUT2D eigenvalue weighted by atomic mass is 16.2. The van der Waals surface area contributed by atoms with Crippen molar-refractivity contribution in [2.75, 3.05) is 52.4 Å². The van der Waals surface area contributed by atoms with Crippen molar-refractivity contribution in [2.24, 2.45) is 11.8 Å². The minimum atomic E-state index is -0.316. The maximum absolute atomic E-state index is 11.9. The van der Waals surface area contributed by atoms with Gasteiger partial charge in [-0.25, -0.2) is 0 Å². The van der Waals surface area contributed by atoms with Gasteiger partial charge in [0.05, 0.1) is 12.8 Å². The average Bonchev–Trinajstić information content (AvgIpc) is 3.27. The molecule has 2 saturated heterocycles. The molecule has 0 saturated carbocycles. The highest BCUT2D eigenvalue weighted by Crippen LogP contribution is 2.15. The van der Waals surface area contributed by atoms with Crippen molar-refractivity contribution in [2.45, 2.75) is 39.5 Å². The predicted molar refractivity (Wildman–Crippen MR) is 101 cm³/mol. The first-order valence-corrected chi connectivity index (χ1v) is 9.99. The van der Waals surface area contributed by atoms with E-state index in [2.05, 4.69) is 34.3 Å². The van der Waals surface area contributed by atoms with Crippen LogP contribution in [0.2, 0.25) is 0 Å². The number of nitrogens with one attached hydrogen (secondary N) is 2. The van der Waals surface area contributed by atoms with Gasteiger partial charge in [0.15, 0.2) is 5.78 Å². The molecule has 2 unspecified atom stereocenters. The van der Waals surface area contributed by atoms with Crippen LogP contribution in [0, 0.1) is 11.8 Å². The van der Waals surface area contributed by atoms with Crippen LogP contribution in [0.1, 0.15) is 39.5 Å². The Hall–Kier alpha value is -1.47. The Morgan fingerprint density at radius 1 is 0.808 bits per heavy atom. The zero-order valence-corrected chi connectivity index (χ0v) is 16.3. The molecule has 7 heteroatoms. The normalized spacial score (nSPS) is 23.9. The summed E-state index contributed by atoms with van der Waals surface area (Å²) < 4.78 is 0. The highest BCUT2D eigenvalue weighted by molar-refractivity contribution is 6.06. The first kappa shape index (κ1) is 20.8. The Morgan fingerprint density at radius 3 is 1.58 bits per heavy atom. The van der Waals surface area contributed by atoms with Gasteiger partial charge in [0.2, 0.25) is 11.8 Å². The number of nitrogens with zero attached hydrogens (tertiary/aromatic N) is 2. The summed E-state index contributed by atoms with van der Waals surface area (Å²) in [4.78, 5) is 40.4. The molecule has 2 atom stereocenters. The number of hydrogen-bond donors (Lipinski definition) is 2. The van der Waals surface area contributed by atoms with E-state index in [9.17, 15) is 14.4 Å². The molecule has 0 aromatic heterocycles. The monoisotopic (exact) mass is 366 g/mol. The first-order chi connectivity index (χ1) is 12.5. The predicted octanol–water partition coefficient (Wildman–Crippen LogP) is 0.252. The van der Waals surface area contributed by atoms with Crippen molar-refractivity contribution in [1.29, 1.82) is 0 Å². The lowest BCUT2D eigenvalue weighted by Crippen LogP contribution is -2.34. The summed E-state index contributed by atoms with van der Waals surface area (Å²) in [6.07, 6.45) is 1.76. The second-order valence-corrected chi connectivity index (χ2v) is 7.60. The van der Waals surface area contributed by atoms with Crippen molar-refractivity contribution in [1.82, 2.24) is 20.4 Å². The molecule has 0 aromatic rings. The number of likely N-dealkylation sites (tertiary alicyclic amines) is 2. The lowest BCUT2D eigenvalue weighted by Gasteiger charge is -2.14. The lowest BCUT2D eigenvalue weighted by molar-refractivity contribution is -0.131. The van der Waals surface area contributed by atoms with E-state index in [0.717, 1.165) is 52.1 Å². The van der Waals surface area contributed by atoms with Crippen LogP contribution in [0.4, 0.5) is 0 Å². The smallest absolute Gasteiger partial charge is 0.227 e. The van der Waals surface area contributed by atoms with Crippen molar-refractivity contribution in [3.8, 4) is 0 Å². The molecule has 148 valence electrons. The fourth-order valence-electron chi connectivity index (χ4n) is 3.80. The van der Waals surface area contributed by atoms with E-state index in [4.69, 9.17) is 0 Å². The molecule has 2 amide bonds. The molecular weight excluding hydrogens is 332 g/mol. The molecule has 0 aromatic carbocycles. The van der Waals surface area contributed by atoms with Gasteiger partial charge in [-0.3, -0.25) is 14.4 Å². The standard InChI is InChI=1S/C19H34N4O3/c1-3-22-7-5-15(13-22)11-20-18(25)9-17(24)10-19(26)21-12-16-6-8-23(4-2)14-16/h15-16H,3-14H2,1-2H3,(H,20,25)(H,21,26). The van der Waals surface area contributed by atoms with Crippen molar-refractivity contribution >= 4 is 17.6 Å². The third kappa shape index (κ3) is 7.03. The molecule has 2 N–H and O–H groups in total. The zero-order chi connectivity index (χ0) is 18.9. The van der Waals surface area contributed by atoms with Crippen LogP contribution in [0.3, 0.4) is 0 Å². The van der Waals surface area contributed by atoms with Gasteiger partial charge in [-0.1, -0.05) is 13.8 Å². The third-order valence-corrected chi connectivity index (χ3v) is 5.53. The van der Waals surface area contributed by atoms with Crippen molar-refractivity contribution in [3.63, 3.8) is 0 Å². The van der Waals surface area contributed by atoms with Gasteiger partial charge in [-0.15, -0.1) is 0 Å².